The van der Waals surface area contributed by atoms with Crippen molar-refractivity contribution in [1.29, 1.82) is 0 Å². The summed E-state index contributed by atoms with van der Waals surface area (Å²) in [6, 6.07) is 0. The zero-order valence-corrected chi connectivity index (χ0v) is 23.5. The van der Waals surface area contributed by atoms with E-state index in [-0.39, 0.29) is 28.8 Å². The molecule has 1 aliphatic rings. The van der Waals surface area contributed by atoms with Crippen molar-refractivity contribution in [3.63, 3.8) is 0 Å². The van der Waals surface area contributed by atoms with Gasteiger partial charge in [-0.25, -0.2) is 0 Å². The molecule has 168 valence electrons. The van der Waals surface area contributed by atoms with Crippen molar-refractivity contribution in [1.82, 2.24) is 4.90 Å². The molecule has 3 nitrogen and oxygen atoms in total. The van der Waals surface area contributed by atoms with Crippen LogP contribution >= 0.6 is 0 Å². The van der Waals surface area contributed by atoms with E-state index in [4.69, 9.17) is 8.85 Å². The molecule has 1 heterocycles. The van der Waals surface area contributed by atoms with Crippen molar-refractivity contribution < 1.29 is 8.85 Å². The molecule has 1 rings (SSSR count). The fourth-order valence-electron chi connectivity index (χ4n) is 6.00. The average molecular weight is 430 g/mol. The molecule has 0 aromatic rings. The number of hydrogen-bond donors (Lipinski definition) is 0. The summed E-state index contributed by atoms with van der Waals surface area (Å²) in [5, 5.41) is 0. The maximum Gasteiger partial charge on any atom is 0.184 e. The fraction of sp³-hybridized carbons (Fsp3) is 1.00. The lowest BCUT2D eigenvalue weighted by Gasteiger charge is -2.66. The summed E-state index contributed by atoms with van der Waals surface area (Å²) in [4.78, 5) is 2.88. The molecule has 0 bridgehead atoms. The lowest BCUT2D eigenvalue weighted by molar-refractivity contribution is -0.188. The predicted octanol–water partition coefficient (Wildman–Crippen LogP) is 7.05. The van der Waals surface area contributed by atoms with Gasteiger partial charge in [0.1, 0.15) is 0 Å². The molecule has 0 saturated carbocycles. The largest absolute Gasteiger partial charge is 0.413 e. The average Bonchev–Trinajstić information content (AvgIpc) is 2.49. The molecule has 1 saturated heterocycles. The van der Waals surface area contributed by atoms with Crippen LogP contribution in [-0.2, 0) is 8.85 Å². The molecule has 0 aliphatic carbocycles. The smallest absolute Gasteiger partial charge is 0.184 e. The van der Waals surface area contributed by atoms with Gasteiger partial charge < -0.3 is 8.85 Å². The normalized spacial score (nSPS) is 30.3. The second kappa shape index (κ2) is 8.82. The summed E-state index contributed by atoms with van der Waals surface area (Å²) < 4.78 is 13.6. The summed E-state index contributed by atoms with van der Waals surface area (Å²) in [6.45, 7) is 30.6. The van der Waals surface area contributed by atoms with Gasteiger partial charge in [-0.3, -0.25) is 4.90 Å². The van der Waals surface area contributed by atoms with Crippen LogP contribution in [0, 0.1) is 0 Å². The molecule has 28 heavy (non-hydrogen) atoms. The van der Waals surface area contributed by atoms with Crippen LogP contribution < -0.4 is 0 Å². The molecule has 0 N–H and O–H groups in total. The minimum atomic E-state index is -1.63. The minimum Gasteiger partial charge on any atom is -0.413 e. The third-order valence-corrected chi connectivity index (χ3v) is 8.70. The summed E-state index contributed by atoms with van der Waals surface area (Å²) in [5.41, 5.74) is 0.175. The van der Waals surface area contributed by atoms with Gasteiger partial charge in [-0.2, -0.15) is 0 Å². The molecule has 0 aromatic heterocycles. The van der Waals surface area contributed by atoms with Gasteiger partial charge in [0.05, 0.1) is 12.2 Å². The highest BCUT2D eigenvalue weighted by atomic mass is 28.4. The Labute approximate surface area is 179 Å². The topological polar surface area (TPSA) is 21.7 Å². The lowest BCUT2D eigenvalue weighted by atomic mass is 9.67. The van der Waals surface area contributed by atoms with Crippen molar-refractivity contribution in [2.24, 2.45) is 0 Å². The first-order valence-corrected chi connectivity index (χ1v) is 18.4. The molecule has 4 unspecified atom stereocenters. The summed E-state index contributed by atoms with van der Waals surface area (Å²) in [7, 11) is -3.26. The van der Waals surface area contributed by atoms with Crippen LogP contribution in [0.4, 0.5) is 0 Å². The number of nitrogens with zero attached hydrogens (tertiary/aromatic N) is 1. The van der Waals surface area contributed by atoms with Crippen molar-refractivity contribution in [2.75, 3.05) is 0 Å². The molecule has 4 atom stereocenters. The van der Waals surface area contributed by atoms with Crippen LogP contribution in [0.2, 0.25) is 39.3 Å². The first-order valence-electron chi connectivity index (χ1n) is 11.6. The highest BCUT2D eigenvalue weighted by Gasteiger charge is 2.59. The Kier molecular flexibility index (Phi) is 8.30. The van der Waals surface area contributed by atoms with Gasteiger partial charge in [-0.05, 0) is 106 Å². The Bertz CT molecular complexity index is 468. The molecule has 1 fully saturated rings. The molecular formula is C23H51NO2Si2. The maximum atomic E-state index is 6.78. The fourth-order valence-corrected chi connectivity index (χ4v) is 8.56. The van der Waals surface area contributed by atoms with Crippen molar-refractivity contribution >= 4 is 16.6 Å². The molecule has 1 aliphatic heterocycles. The second-order valence-corrected chi connectivity index (χ2v) is 20.9. The molecule has 0 amide bonds. The Morgan fingerprint density at radius 2 is 1.11 bits per heavy atom. The molecule has 5 heteroatoms. The van der Waals surface area contributed by atoms with Crippen molar-refractivity contribution in [2.45, 2.75) is 149 Å². The first-order chi connectivity index (χ1) is 12.5. The lowest BCUT2D eigenvalue weighted by Crippen LogP contribution is -2.76. The van der Waals surface area contributed by atoms with E-state index in [1.54, 1.807) is 0 Å². The van der Waals surface area contributed by atoms with Crippen LogP contribution in [0.1, 0.15) is 80.6 Å². The van der Waals surface area contributed by atoms with E-state index in [0.717, 1.165) is 12.8 Å². The van der Waals surface area contributed by atoms with Gasteiger partial charge in [-0.15, -0.1) is 0 Å². The monoisotopic (exact) mass is 429 g/mol. The van der Waals surface area contributed by atoms with Crippen LogP contribution in [0.5, 0.6) is 0 Å². The number of rotatable bonds is 8. The van der Waals surface area contributed by atoms with E-state index >= 15 is 0 Å². The van der Waals surface area contributed by atoms with Crippen molar-refractivity contribution in [3.05, 3.63) is 0 Å². The number of hydrogen-bond acceptors (Lipinski definition) is 3. The molecule has 0 aromatic carbocycles. The zero-order valence-electron chi connectivity index (χ0n) is 21.5. The van der Waals surface area contributed by atoms with E-state index in [2.05, 4.69) is 92.6 Å². The third-order valence-electron chi connectivity index (χ3n) is 6.58. The molecule has 0 radical (unpaired) electrons. The van der Waals surface area contributed by atoms with Gasteiger partial charge >= 0.3 is 0 Å². The van der Waals surface area contributed by atoms with E-state index < -0.39 is 16.6 Å². The second-order valence-electron chi connectivity index (χ2n) is 12.0. The Balaban J connectivity index is 3.57. The standard InChI is InChI=1S/C23H51NO2Si2/c1-14-22(19(3)25-27(8,9)10)17-16-18-23(15-2,24(22)21(5,6)7)20(4)26-28(11,12)13/h19-20H,14-18H2,1-13H3. The van der Waals surface area contributed by atoms with Crippen LogP contribution in [0.3, 0.4) is 0 Å². The Hall–Kier alpha value is 0.314. The summed E-state index contributed by atoms with van der Waals surface area (Å²) >= 11 is 0. The SMILES string of the molecule is CCC1(C(C)O[Si](C)(C)C)CCCC(CC)(C(C)O[Si](C)(C)C)N1C(C)(C)C. The highest BCUT2D eigenvalue weighted by Crippen LogP contribution is 2.51. The molecular weight excluding hydrogens is 378 g/mol. The molecule has 0 spiro atoms. The van der Waals surface area contributed by atoms with Gasteiger partial charge in [0.2, 0.25) is 0 Å². The summed E-state index contributed by atoms with van der Waals surface area (Å²) in [6.07, 6.45) is 6.39. The number of likely N-dealkylation sites (tertiary alicyclic amines) is 1. The third kappa shape index (κ3) is 5.72. The summed E-state index contributed by atoms with van der Waals surface area (Å²) in [5.74, 6) is 0. The zero-order chi connectivity index (χ0) is 22.2. The number of piperidine rings is 1. The Morgan fingerprint density at radius 3 is 1.32 bits per heavy atom. The maximum absolute atomic E-state index is 6.78. The van der Waals surface area contributed by atoms with E-state index in [9.17, 15) is 0 Å². The quantitative estimate of drug-likeness (QED) is 0.386. The van der Waals surface area contributed by atoms with Gasteiger partial charge in [0.25, 0.3) is 0 Å². The predicted molar refractivity (Wildman–Crippen MR) is 129 cm³/mol. The van der Waals surface area contributed by atoms with Crippen molar-refractivity contribution in [3.8, 4) is 0 Å². The van der Waals surface area contributed by atoms with Crippen LogP contribution in [0.25, 0.3) is 0 Å². The van der Waals surface area contributed by atoms with E-state index in [0.29, 0.717) is 0 Å². The minimum absolute atomic E-state index is 0.0561. The first kappa shape index (κ1) is 26.3. The Morgan fingerprint density at radius 1 is 0.786 bits per heavy atom. The van der Waals surface area contributed by atoms with Gasteiger partial charge in [-0.1, -0.05) is 13.8 Å². The highest BCUT2D eigenvalue weighted by molar-refractivity contribution is 6.70. The van der Waals surface area contributed by atoms with Gasteiger partial charge in [0, 0.05) is 16.6 Å². The van der Waals surface area contributed by atoms with Gasteiger partial charge in [0.15, 0.2) is 16.6 Å². The van der Waals surface area contributed by atoms with Crippen LogP contribution in [-0.4, -0.2) is 50.4 Å². The van der Waals surface area contributed by atoms with E-state index in [1.807, 2.05) is 0 Å². The van der Waals surface area contributed by atoms with E-state index in [1.165, 1.54) is 19.3 Å². The van der Waals surface area contributed by atoms with Crippen LogP contribution in [0.15, 0.2) is 0 Å².